The number of carbonyl (C=O) groups excluding carboxylic acids is 1. The number of halogens is 1. The topological polar surface area (TPSA) is 80.5 Å². The van der Waals surface area contributed by atoms with E-state index in [0.717, 1.165) is 9.87 Å². The highest BCUT2D eigenvalue weighted by molar-refractivity contribution is 7.92. The summed E-state index contributed by atoms with van der Waals surface area (Å²) in [7, 11) is -2.32. The van der Waals surface area contributed by atoms with Crippen molar-refractivity contribution in [3.63, 3.8) is 0 Å². The molecule has 0 aliphatic heterocycles. The average Bonchev–Trinajstić information content (AvgIpc) is 2.47. The lowest BCUT2D eigenvalue weighted by Crippen LogP contribution is -2.27. The molecule has 2 aromatic carbocycles. The van der Waals surface area contributed by atoms with Crippen molar-refractivity contribution < 1.29 is 13.2 Å². The van der Waals surface area contributed by atoms with Gasteiger partial charge >= 0.3 is 0 Å². The summed E-state index contributed by atoms with van der Waals surface area (Å²) in [6.45, 7) is 1.87. The van der Waals surface area contributed by atoms with Crippen LogP contribution in [0.15, 0.2) is 47.4 Å². The van der Waals surface area contributed by atoms with E-state index in [1.807, 2.05) is 6.92 Å². The number of anilines is 1. The van der Waals surface area contributed by atoms with Gasteiger partial charge in [0.15, 0.2) is 0 Å². The van der Waals surface area contributed by atoms with E-state index in [-0.39, 0.29) is 15.5 Å². The molecule has 22 heavy (non-hydrogen) atoms. The molecule has 0 saturated carbocycles. The Morgan fingerprint density at radius 2 is 1.73 bits per heavy atom. The molecule has 2 rings (SSSR count). The summed E-state index contributed by atoms with van der Waals surface area (Å²) < 4.78 is 26.3. The van der Waals surface area contributed by atoms with Gasteiger partial charge in [0.2, 0.25) is 5.91 Å². The molecule has 5 nitrogen and oxygen atoms in total. The van der Waals surface area contributed by atoms with E-state index in [9.17, 15) is 13.2 Å². The number of hydrogen-bond donors (Lipinski definition) is 1. The van der Waals surface area contributed by atoms with Crippen LogP contribution in [-0.4, -0.2) is 21.4 Å². The smallest absolute Gasteiger partial charge is 0.264 e. The maximum Gasteiger partial charge on any atom is 0.264 e. The quantitative estimate of drug-likeness (QED) is 0.930. The normalized spacial score (nSPS) is 11.2. The molecular weight excluding hydrogens is 324 g/mol. The number of carbonyl (C=O) groups is 1. The van der Waals surface area contributed by atoms with Crippen molar-refractivity contribution in [2.45, 2.75) is 11.8 Å². The maximum atomic E-state index is 12.6. The highest BCUT2D eigenvalue weighted by Gasteiger charge is 2.22. The molecule has 0 bridgehead atoms. The summed E-state index contributed by atoms with van der Waals surface area (Å²) in [5.74, 6) is -0.715. The number of sulfonamides is 1. The third-order valence-electron chi connectivity index (χ3n) is 3.26. The first-order chi connectivity index (χ1) is 10.2. The Morgan fingerprint density at radius 1 is 1.14 bits per heavy atom. The minimum atomic E-state index is -3.73. The zero-order valence-electron chi connectivity index (χ0n) is 12.1. The summed E-state index contributed by atoms with van der Waals surface area (Å²) in [4.78, 5) is 11.5. The van der Waals surface area contributed by atoms with Crippen molar-refractivity contribution in [2.75, 3.05) is 11.4 Å². The van der Waals surface area contributed by atoms with Gasteiger partial charge < -0.3 is 5.73 Å². The van der Waals surface area contributed by atoms with Gasteiger partial charge in [-0.1, -0.05) is 29.3 Å². The second-order valence-electron chi connectivity index (χ2n) is 4.81. The van der Waals surface area contributed by atoms with Gasteiger partial charge in [0, 0.05) is 7.05 Å². The van der Waals surface area contributed by atoms with Gasteiger partial charge in [0.25, 0.3) is 10.0 Å². The van der Waals surface area contributed by atoms with Crippen LogP contribution in [0.4, 0.5) is 5.69 Å². The largest absolute Gasteiger partial charge is 0.366 e. The van der Waals surface area contributed by atoms with E-state index in [1.54, 1.807) is 12.1 Å². The summed E-state index contributed by atoms with van der Waals surface area (Å²) in [5, 5.41) is 0.178. The van der Waals surface area contributed by atoms with Crippen LogP contribution in [0.2, 0.25) is 5.02 Å². The molecule has 1 amide bonds. The Morgan fingerprint density at radius 3 is 2.27 bits per heavy atom. The predicted octanol–water partition coefficient (Wildman–Crippen LogP) is 2.57. The van der Waals surface area contributed by atoms with Gasteiger partial charge in [0.05, 0.1) is 21.2 Å². The van der Waals surface area contributed by atoms with Crippen LogP contribution in [0.25, 0.3) is 0 Å². The minimum absolute atomic E-state index is 0.0742. The number of hydrogen-bond acceptors (Lipinski definition) is 3. The third-order valence-corrected chi connectivity index (χ3v) is 5.39. The monoisotopic (exact) mass is 338 g/mol. The summed E-state index contributed by atoms with van der Waals surface area (Å²) >= 11 is 5.88. The molecule has 0 fully saturated rings. The second-order valence-corrected chi connectivity index (χ2v) is 7.19. The Hall–Kier alpha value is -2.05. The van der Waals surface area contributed by atoms with Gasteiger partial charge in [-0.25, -0.2) is 8.42 Å². The van der Waals surface area contributed by atoms with Crippen molar-refractivity contribution in [1.29, 1.82) is 0 Å². The van der Waals surface area contributed by atoms with Crippen LogP contribution < -0.4 is 10.0 Å². The predicted molar refractivity (Wildman–Crippen MR) is 86.7 cm³/mol. The molecule has 2 aromatic rings. The zero-order chi connectivity index (χ0) is 16.5. The summed E-state index contributed by atoms with van der Waals surface area (Å²) in [6, 6.07) is 10.8. The first-order valence-electron chi connectivity index (χ1n) is 6.38. The number of primary amides is 1. The van der Waals surface area contributed by atoms with Gasteiger partial charge in [0.1, 0.15) is 0 Å². The van der Waals surface area contributed by atoms with Crippen LogP contribution in [0.1, 0.15) is 15.9 Å². The number of nitrogens with zero attached hydrogens (tertiary/aromatic N) is 1. The van der Waals surface area contributed by atoms with Gasteiger partial charge in [-0.3, -0.25) is 9.10 Å². The van der Waals surface area contributed by atoms with E-state index in [4.69, 9.17) is 17.3 Å². The van der Waals surface area contributed by atoms with Gasteiger partial charge in [-0.2, -0.15) is 0 Å². The molecule has 0 saturated heterocycles. The van der Waals surface area contributed by atoms with Gasteiger partial charge in [-0.05, 0) is 37.3 Å². The zero-order valence-corrected chi connectivity index (χ0v) is 13.6. The lowest BCUT2D eigenvalue weighted by atomic mass is 10.2. The Bertz CT molecular complexity index is 817. The molecule has 2 N–H and O–H groups in total. The third kappa shape index (κ3) is 3.08. The number of rotatable bonds is 4. The lowest BCUT2D eigenvalue weighted by Gasteiger charge is -2.20. The number of benzene rings is 2. The number of aryl methyl sites for hydroxylation is 1. The molecule has 0 radical (unpaired) electrons. The van der Waals surface area contributed by atoms with Gasteiger partial charge in [-0.15, -0.1) is 0 Å². The molecule has 0 spiro atoms. The molecule has 7 heteroatoms. The Kier molecular flexibility index (Phi) is 4.44. The van der Waals surface area contributed by atoms with Crippen molar-refractivity contribution in [3.05, 3.63) is 58.6 Å². The molecule has 0 heterocycles. The van der Waals surface area contributed by atoms with Crippen LogP contribution in [-0.2, 0) is 10.0 Å². The number of nitrogens with two attached hydrogens (primary N) is 1. The fraction of sp³-hybridized carbons (Fsp3) is 0.133. The molecule has 0 atom stereocenters. The molecule has 116 valence electrons. The first-order valence-corrected chi connectivity index (χ1v) is 8.20. The van der Waals surface area contributed by atoms with E-state index in [1.165, 1.54) is 37.4 Å². The van der Waals surface area contributed by atoms with E-state index in [2.05, 4.69) is 0 Å². The van der Waals surface area contributed by atoms with Crippen LogP contribution in [0.3, 0.4) is 0 Å². The van der Waals surface area contributed by atoms with E-state index in [0.29, 0.717) is 5.69 Å². The minimum Gasteiger partial charge on any atom is -0.366 e. The van der Waals surface area contributed by atoms with Crippen molar-refractivity contribution in [2.24, 2.45) is 5.73 Å². The molecule has 0 unspecified atom stereocenters. The second kappa shape index (κ2) is 5.98. The molecule has 0 aliphatic rings. The lowest BCUT2D eigenvalue weighted by molar-refractivity contribution is 0.100. The fourth-order valence-electron chi connectivity index (χ4n) is 1.91. The van der Waals surface area contributed by atoms with Crippen LogP contribution >= 0.6 is 11.6 Å². The van der Waals surface area contributed by atoms with Crippen molar-refractivity contribution in [1.82, 2.24) is 0 Å². The summed E-state index contributed by atoms with van der Waals surface area (Å²) in [5.41, 5.74) is 6.57. The average molecular weight is 339 g/mol. The highest BCUT2D eigenvalue weighted by atomic mass is 35.5. The first kappa shape index (κ1) is 16.3. The highest BCUT2D eigenvalue weighted by Crippen LogP contribution is 2.26. The maximum absolute atomic E-state index is 12.6. The standard InChI is InChI=1S/C15H15ClN2O3S/c1-10-3-6-12(7-4-10)22(20,21)18(2)11-5-8-14(16)13(9-11)15(17)19/h3-9H,1-2H3,(H2,17,19). The van der Waals surface area contributed by atoms with Crippen LogP contribution in [0, 0.1) is 6.92 Å². The molecule has 0 aromatic heterocycles. The van der Waals surface area contributed by atoms with Crippen molar-refractivity contribution in [3.8, 4) is 0 Å². The SMILES string of the molecule is Cc1ccc(S(=O)(=O)N(C)c2ccc(Cl)c(C(N)=O)c2)cc1. The molecule has 0 aliphatic carbocycles. The Labute approximate surface area is 134 Å². The van der Waals surface area contributed by atoms with E-state index >= 15 is 0 Å². The molecular formula is C15H15ClN2O3S. The van der Waals surface area contributed by atoms with E-state index < -0.39 is 15.9 Å². The number of amides is 1. The Balaban J connectivity index is 2.46. The van der Waals surface area contributed by atoms with Crippen molar-refractivity contribution >= 4 is 33.2 Å². The summed E-state index contributed by atoms with van der Waals surface area (Å²) in [6.07, 6.45) is 0. The van der Waals surface area contributed by atoms with Crippen LogP contribution in [0.5, 0.6) is 0 Å². The fourth-order valence-corrected chi connectivity index (χ4v) is 3.30.